The molecule has 0 aliphatic heterocycles. The zero-order valence-electron chi connectivity index (χ0n) is 14.8. The molecule has 2 N–H and O–H groups in total. The monoisotopic (exact) mass is 378 g/mol. The lowest BCUT2D eigenvalue weighted by Gasteiger charge is -2.13. The van der Waals surface area contributed by atoms with Crippen molar-refractivity contribution in [3.05, 3.63) is 46.2 Å². The van der Waals surface area contributed by atoms with Crippen molar-refractivity contribution >= 4 is 29.5 Å². The van der Waals surface area contributed by atoms with E-state index < -0.39 is 24.0 Å². The fourth-order valence-corrected chi connectivity index (χ4v) is 2.29. The van der Waals surface area contributed by atoms with Gasteiger partial charge in [-0.1, -0.05) is 11.6 Å². The van der Waals surface area contributed by atoms with E-state index in [0.29, 0.717) is 10.7 Å². The molecule has 2 rings (SSSR count). The van der Waals surface area contributed by atoms with Crippen LogP contribution in [0.3, 0.4) is 0 Å². The largest absolute Gasteiger partial charge is 0.449 e. The molecule has 0 bridgehead atoms. The van der Waals surface area contributed by atoms with Crippen LogP contribution in [0.15, 0.2) is 24.3 Å². The molecule has 9 heteroatoms. The number of urea groups is 1. The van der Waals surface area contributed by atoms with E-state index in [0.717, 1.165) is 11.4 Å². The maximum atomic E-state index is 12.1. The van der Waals surface area contributed by atoms with E-state index in [-0.39, 0.29) is 5.56 Å². The minimum atomic E-state index is -1.12. The summed E-state index contributed by atoms with van der Waals surface area (Å²) in [5, 5.41) is 9.21. The topological polar surface area (TPSA) is 102 Å². The quantitative estimate of drug-likeness (QED) is 0.793. The number of carbonyl (C=O) groups excluding carboxylic acids is 3. The predicted octanol–water partition coefficient (Wildman–Crippen LogP) is 2.14. The fourth-order valence-electron chi connectivity index (χ4n) is 2.17. The van der Waals surface area contributed by atoms with Gasteiger partial charge in [-0.3, -0.25) is 10.1 Å². The lowest BCUT2D eigenvalue weighted by molar-refractivity contribution is -0.127. The highest BCUT2D eigenvalue weighted by Gasteiger charge is 2.20. The van der Waals surface area contributed by atoms with Gasteiger partial charge in [0.1, 0.15) is 0 Å². The number of amides is 3. The Labute approximate surface area is 155 Å². The molecular weight excluding hydrogens is 360 g/mol. The molecule has 0 saturated carbocycles. The summed E-state index contributed by atoms with van der Waals surface area (Å²) in [5.41, 5.74) is 2.50. The lowest BCUT2D eigenvalue weighted by Crippen LogP contribution is -2.43. The fraction of sp³-hybridized carbons (Fsp3) is 0.294. The van der Waals surface area contributed by atoms with Gasteiger partial charge >= 0.3 is 12.0 Å². The number of aryl methyl sites for hydroxylation is 1. The smallest absolute Gasteiger partial charge is 0.338 e. The van der Waals surface area contributed by atoms with Crippen molar-refractivity contribution in [1.82, 2.24) is 20.4 Å². The minimum absolute atomic E-state index is 0.265. The Balaban J connectivity index is 2.08. The van der Waals surface area contributed by atoms with E-state index in [1.807, 2.05) is 19.2 Å². The van der Waals surface area contributed by atoms with Gasteiger partial charge in [-0.25, -0.2) is 14.3 Å². The standard InChI is InChI=1S/C17H19ClN4O4/c1-9-14(18)10(2)22(21-9)13-7-5-12(6-8-13)16(24)26-11(3)15(23)20-17(25)19-4/h5-8,11H,1-4H3,(H2,19,20,23,25). The number of imide groups is 1. The summed E-state index contributed by atoms with van der Waals surface area (Å²) in [6.45, 7) is 5.03. The number of aromatic nitrogens is 2. The zero-order chi connectivity index (χ0) is 19.4. The number of rotatable bonds is 4. The van der Waals surface area contributed by atoms with E-state index in [4.69, 9.17) is 16.3 Å². The summed E-state index contributed by atoms with van der Waals surface area (Å²) in [4.78, 5) is 35.0. The van der Waals surface area contributed by atoms with Gasteiger partial charge < -0.3 is 10.1 Å². The van der Waals surface area contributed by atoms with Gasteiger partial charge in [-0.2, -0.15) is 5.10 Å². The van der Waals surface area contributed by atoms with E-state index >= 15 is 0 Å². The molecule has 1 heterocycles. The Morgan fingerprint density at radius 3 is 2.31 bits per heavy atom. The van der Waals surface area contributed by atoms with Crippen LogP contribution in [-0.4, -0.2) is 40.8 Å². The van der Waals surface area contributed by atoms with Crippen LogP contribution >= 0.6 is 11.6 Å². The number of esters is 1. The molecule has 2 aromatic rings. The molecule has 26 heavy (non-hydrogen) atoms. The third-order valence-electron chi connectivity index (χ3n) is 3.67. The van der Waals surface area contributed by atoms with Crippen molar-refractivity contribution in [2.24, 2.45) is 0 Å². The van der Waals surface area contributed by atoms with Crippen LogP contribution < -0.4 is 10.6 Å². The van der Waals surface area contributed by atoms with Crippen LogP contribution in [-0.2, 0) is 9.53 Å². The lowest BCUT2D eigenvalue weighted by atomic mass is 10.2. The summed E-state index contributed by atoms with van der Waals surface area (Å²) in [7, 11) is 1.37. The van der Waals surface area contributed by atoms with Crippen molar-refractivity contribution in [2.45, 2.75) is 26.9 Å². The Morgan fingerprint density at radius 2 is 1.81 bits per heavy atom. The van der Waals surface area contributed by atoms with Crippen LogP contribution in [0.5, 0.6) is 0 Å². The molecule has 138 valence electrons. The molecule has 0 saturated heterocycles. The van der Waals surface area contributed by atoms with Gasteiger partial charge in [-0.05, 0) is 45.0 Å². The van der Waals surface area contributed by atoms with Crippen molar-refractivity contribution in [3.8, 4) is 5.69 Å². The average Bonchev–Trinajstić information content (AvgIpc) is 2.88. The molecule has 0 radical (unpaired) electrons. The minimum Gasteiger partial charge on any atom is -0.449 e. The van der Waals surface area contributed by atoms with Crippen molar-refractivity contribution in [3.63, 3.8) is 0 Å². The molecule has 1 aromatic heterocycles. The molecule has 1 atom stereocenters. The van der Waals surface area contributed by atoms with Gasteiger partial charge in [0, 0.05) is 7.05 Å². The van der Waals surface area contributed by atoms with E-state index in [2.05, 4.69) is 10.4 Å². The molecule has 8 nitrogen and oxygen atoms in total. The summed E-state index contributed by atoms with van der Waals surface area (Å²) in [6.07, 6.45) is -1.12. The third-order valence-corrected chi connectivity index (χ3v) is 4.21. The van der Waals surface area contributed by atoms with Crippen LogP contribution in [0.1, 0.15) is 28.7 Å². The summed E-state index contributed by atoms with van der Waals surface area (Å²) >= 11 is 6.14. The zero-order valence-corrected chi connectivity index (χ0v) is 15.5. The van der Waals surface area contributed by atoms with Crippen LogP contribution in [0.4, 0.5) is 4.79 Å². The first-order valence-corrected chi connectivity index (χ1v) is 8.18. The first-order chi connectivity index (χ1) is 12.2. The molecule has 0 aliphatic rings. The number of carbonyl (C=O) groups is 3. The SMILES string of the molecule is CNC(=O)NC(=O)C(C)OC(=O)c1ccc(-n2nc(C)c(Cl)c2C)cc1. The van der Waals surface area contributed by atoms with Crippen LogP contribution in [0.25, 0.3) is 5.69 Å². The third kappa shape index (κ3) is 4.20. The Bertz CT molecular complexity index is 845. The van der Waals surface area contributed by atoms with Crippen LogP contribution in [0.2, 0.25) is 5.02 Å². The number of halogens is 1. The molecule has 0 spiro atoms. The highest BCUT2D eigenvalue weighted by Crippen LogP contribution is 2.22. The highest BCUT2D eigenvalue weighted by molar-refractivity contribution is 6.31. The Morgan fingerprint density at radius 1 is 1.19 bits per heavy atom. The second-order valence-corrected chi connectivity index (χ2v) is 5.94. The molecule has 3 amide bonds. The molecule has 1 unspecified atom stereocenters. The Kier molecular flexibility index (Phi) is 5.99. The summed E-state index contributed by atoms with van der Waals surface area (Å²) in [5.74, 6) is -1.39. The van der Waals surface area contributed by atoms with Gasteiger partial charge in [0.2, 0.25) is 0 Å². The van der Waals surface area contributed by atoms with Crippen molar-refractivity contribution in [2.75, 3.05) is 7.05 Å². The summed E-state index contributed by atoms with van der Waals surface area (Å²) in [6, 6.07) is 5.84. The first kappa shape index (κ1) is 19.5. The van der Waals surface area contributed by atoms with E-state index in [9.17, 15) is 14.4 Å². The number of nitrogens with zero attached hydrogens (tertiary/aromatic N) is 2. The van der Waals surface area contributed by atoms with Gasteiger partial charge in [0.25, 0.3) is 5.91 Å². The molecule has 0 fully saturated rings. The average molecular weight is 379 g/mol. The highest BCUT2D eigenvalue weighted by atomic mass is 35.5. The molecule has 0 aliphatic carbocycles. The number of hydrogen-bond donors (Lipinski definition) is 2. The van der Waals surface area contributed by atoms with Gasteiger partial charge in [0.15, 0.2) is 6.10 Å². The maximum Gasteiger partial charge on any atom is 0.338 e. The van der Waals surface area contributed by atoms with Crippen molar-refractivity contribution in [1.29, 1.82) is 0 Å². The maximum absolute atomic E-state index is 12.1. The number of benzene rings is 1. The molecule has 1 aromatic carbocycles. The van der Waals surface area contributed by atoms with Crippen molar-refractivity contribution < 1.29 is 19.1 Å². The number of nitrogens with one attached hydrogen (secondary N) is 2. The van der Waals surface area contributed by atoms with Gasteiger partial charge in [0.05, 0.1) is 27.7 Å². The number of hydrogen-bond acceptors (Lipinski definition) is 5. The van der Waals surface area contributed by atoms with E-state index in [1.165, 1.54) is 14.0 Å². The number of ether oxygens (including phenoxy) is 1. The predicted molar refractivity (Wildman–Crippen MR) is 95.5 cm³/mol. The van der Waals surface area contributed by atoms with Gasteiger partial charge in [-0.15, -0.1) is 0 Å². The summed E-state index contributed by atoms with van der Waals surface area (Å²) < 4.78 is 6.73. The first-order valence-electron chi connectivity index (χ1n) is 7.80. The molecular formula is C17H19ClN4O4. The Hall–Kier alpha value is -2.87. The van der Waals surface area contributed by atoms with Crippen LogP contribution in [0, 0.1) is 13.8 Å². The second kappa shape index (κ2) is 8.01. The normalized spacial score (nSPS) is 11.6. The second-order valence-electron chi connectivity index (χ2n) is 5.56. The van der Waals surface area contributed by atoms with E-state index in [1.54, 1.807) is 28.9 Å².